The van der Waals surface area contributed by atoms with Gasteiger partial charge in [-0.15, -0.1) is 0 Å². The maximum atomic E-state index is 13.0. The van der Waals surface area contributed by atoms with Gasteiger partial charge in [0.25, 0.3) is 0 Å². The number of halogens is 3. The number of piperazine rings is 1. The van der Waals surface area contributed by atoms with E-state index >= 15 is 0 Å². The average molecular weight is 443 g/mol. The fourth-order valence-electron chi connectivity index (χ4n) is 3.57. The van der Waals surface area contributed by atoms with Crippen molar-refractivity contribution in [3.8, 4) is 0 Å². The van der Waals surface area contributed by atoms with E-state index in [1.165, 1.54) is 12.1 Å². The molecule has 1 fully saturated rings. The number of hydrogen-bond donors (Lipinski definition) is 2. The number of nitrogens with one attached hydrogen (secondary N) is 1. The van der Waals surface area contributed by atoms with E-state index in [9.17, 15) is 13.2 Å². The SMILES string of the molecule is Cc1ccc(Nc2nc(N)nc(CN3CCN(c4cccc(C(F)(F)F)c4)CC3)n2)cc1. The van der Waals surface area contributed by atoms with Gasteiger partial charge in [0, 0.05) is 37.6 Å². The number of nitrogens with two attached hydrogens (primary N) is 1. The Bertz CT molecular complexity index is 1060. The van der Waals surface area contributed by atoms with Gasteiger partial charge in [0.1, 0.15) is 5.82 Å². The Morgan fingerprint density at radius 3 is 2.38 bits per heavy atom. The monoisotopic (exact) mass is 443 g/mol. The molecule has 0 spiro atoms. The lowest BCUT2D eigenvalue weighted by Gasteiger charge is -2.36. The number of hydrogen-bond acceptors (Lipinski definition) is 7. The van der Waals surface area contributed by atoms with Crippen molar-refractivity contribution in [2.75, 3.05) is 42.1 Å². The molecule has 3 aromatic rings. The first-order chi connectivity index (χ1) is 15.3. The highest BCUT2D eigenvalue weighted by atomic mass is 19.4. The normalized spacial score (nSPS) is 15.1. The molecular weight excluding hydrogens is 419 g/mol. The molecule has 1 aliphatic rings. The number of aryl methyl sites for hydroxylation is 1. The molecule has 1 saturated heterocycles. The van der Waals surface area contributed by atoms with E-state index in [0.29, 0.717) is 50.2 Å². The predicted molar refractivity (Wildman–Crippen MR) is 118 cm³/mol. The van der Waals surface area contributed by atoms with Crippen molar-refractivity contribution in [3.05, 3.63) is 65.5 Å². The summed E-state index contributed by atoms with van der Waals surface area (Å²) in [6.45, 7) is 5.04. The zero-order valence-electron chi connectivity index (χ0n) is 17.6. The number of anilines is 4. The molecule has 3 N–H and O–H groups in total. The number of nitrogen functional groups attached to an aromatic ring is 1. The maximum Gasteiger partial charge on any atom is 0.416 e. The standard InChI is InChI=1S/C22H24F3N7/c1-15-5-7-17(8-6-15)27-21-29-19(28-20(26)30-21)14-31-9-11-32(12-10-31)18-4-2-3-16(13-18)22(23,24)25/h2-8,13H,9-12,14H2,1H3,(H3,26,27,28,29,30). The van der Waals surface area contributed by atoms with Crippen molar-refractivity contribution in [3.63, 3.8) is 0 Å². The zero-order chi connectivity index (χ0) is 22.7. The molecule has 1 aliphatic heterocycles. The van der Waals surface area contributed by atoms with Crippen molar-refractivity contribution in [1.29, 1.82) is 0 Å². The van der Waals surface area contributed by atoms with Gasteiger partial charge in [-0.25, -0.2) is 0 Å². The molecule has 0 bridgehead atoms. The van der Waals surface area contributed by atoms with Crippen LogP contribution in [0.15, 0.2) is 48.5 Å². The molecule has 0 aliphatic carbocycles. The minimum Gasteiger partial charge on any atom is -0.369 e. The maximum absolute atomic E-state index is 13.0. The minimum atomic E-state index is -4.35. The number of nitrogens with zero attached hydrogens (tertiary/aromatic N) is 5. The lowest BCUT2D eigenvalue weighted by Crippen LogP contribution is -2.46. The van der Waals surface area contributed by atoms with Crippen molar-refractivity contribution in [1.82, 2.24) is 19.9 Å². The first kappa shape index (κ1) is 21.8. The van der Waals surface area contributed by atoms with Gasteiger partial charge in [0.2, 0.25) is 11.9 Å². The van der Waals surface area contributed by atoms with Crippen LogP contribution >= 0.6 is 0 Å². The highest BCUT2D eigenvalue weighted by Gasteiger charge is 2.31. The van der Waals surface area contributed by atoms with Crippen LogP contribution in [-0.2, 0) is 12.7 Å². The van der Waals surface area contributed by atoms with E-state index in [1.54, 1.807) is 6.07 Å². The van der Waals surface area contributed by atoms with Crippen LogP contribution in [-0.4, -0.2) is 46.0 Å². The summed E-state index contributed by atoms with van der Waals surface area (Å²) in [6, 6.07) is 13.3. The van der Waals surface area contributed by atoms with Gasteiger partial charge < -0.3 is 16.0 Å². The first-order valence-electron chi connectivity index (χ1n) is 10.2. The quantitative estimate of drug-likeness (QED) is 0.620. The van der Waals surface area contributed by atoms with Crippen LogP contribution < -0.4 is 16.0 Å². The molecule has 0 unspecified atom stereocenters. The molecule has 0 amide bonds. The van der Waals surface area contributed by atoms with Crippen molar-refractivity contribution in [2.45, 2.75) is 19.6 Å². The van der Waals surface area contributed by atoms with Gasteiger partial charge in [0.15, 0.2) is 0 Å². The van der Waals surface area contributed by atoms with Crippen molar-refractivity contribution < 1.29 is 13.2 Å². The minimum absolute atomic E-state index is 0.132. The van der Waals surface area contributed by atoms with Gasteiger partial charge in [-0.3, -0.25) is 4.90 Å². The molecule has 2 aromatic carbocycles. The molecule has 7 nitrogen and oxygen atoms in total. The number of benzene rings is 2. The molecule has 1 aromatic heterocycles. The Labute approximate surface area is 184 Å². The summed E-state index contributed by atoms with van der Waals surface area (Å²) >= 11 is 0. The number of rotatable bonds is 5. The Balaban J connectivity index is 1.38. The lowest BCUT2D eigenvalue weighted by atomic mass is 10.1. The van der Waals surface area contributed by atoms with E-state index in [2.05, 4.69) is 25.2 Å². The summed E-state index contributed by atoms with van der Waals surface area (Å²) < 4.78 is 39.0. The Kier molecular flexibility index (Phi) is 6.13. The van der Waals surface area contributed by atoms with Crippen LogP contribution in [0.1, 0.15) is 17.0 Å². The lowest BCUT2D eigenvalue weighted by molar-refractivity contribution is -0.137. The molecule has 32 heavy (non-hydrogen) atoms. The van der Waals surface area contributed by atoms with Crippen molar-refractivity contribution >= 4 is 23.3 Å². The summed E-state index contributed by atoms with van der Waals surface area (Å²) in [5, 5.41) is 3.13. The zero-order valence-corrected chi connectivity index (χ0v) is 17.6. The molecule has 10 heteroatoms. The third-order valence-electron chi connectivity index (χ3n) is 5.28. The van der Waals surface area contributed by atoms with Crippen LogP contribution in [0.2, 0.25) is 0 Å². The Hall–Kier alpha value is -3.40. The van der Waals surface area contributed by atoms with E-state index in [1.807, 2.05) is 36.1 Å². The van der Waals surface area contributed by atoms with Crippen LogP contribution in [0, 0.1) is 6.92 Å². The number of alkyl halides is 3. The predicted octanol–water partition coefficient (Wildman–Crippen LogP) is 3.85. The van der Waals surface area contributed by atoms with Gasteiger partial charge >= 0.3 is 6.18 Å². The summed E-state index contributed by atoms with van der Waals surface area (Å²) in [6.07, 6.45) is -4.35. The van der Waals surface area contributed by atoms with Gasteiger partial charge in [-0.05, 0) is 37.3 Å². The summed E-state index contributed by atoms with van der Waals surface area (Å²) in [7, 11) is 0. The second-order valence-electron chi connectivity index (χ2n) is 7.74. The Morgan fingerprint density at radius 2 is 1.69 bits per heavy atom. The van der Waals surface area contributed by atoms with Gasteiger partial charge in [-0.1, -0.05) is 23.8 Å². The third kappa shape index (κ3) is 5.44. The van der Waals surface area contributed by atoms with Crippen LogP contribution in [0.5, 0.6) is 0 Å². The molecular formula is C22H24F3N7. The van der Waals surface area contributed by atoms with Crippen LogP contribution in [0.4, 0.5) is 36.4 Å². The average Bonchev–Trinajstić information content (AvgIpc) is 2.75. The van der Waals surface area contributed by atoms with Crippen LogP contribution in [0.3, 0.4) is 0 Å². The van der Waals surface area contributed by atoms with E-state index < -0.39 is 11.7 Å². The molecule has 0 atom stereocenters. The van der Waals surface area contributed by atoms with E-state index in [4.69, 9.17) is 5.73 Å². The van der Waals surface area contributed by atoms with Crippen molar-refractivity contribution in [2.24, 2.45) is 0 Å². The topological polar surface area (TPSA) is 83.2 Å². The molecule has 168 valence electrons. The second kappa shape index (κ2) is 8.99. The first-order valence-corrected chi connectivity index (χ1v) is 10.2. The molecule has 0 radical (unpaired) electrons. The second-order valence-corrected chi connectivity index (χ2v) is 7.74. The fourth-order valence-corrected chi connectivity index (χ4v) is 3.57. The molecule has 4 rings (SSSR count). The summed E-state index contributed by atoms with van der Waals surface area (Å²) in [5.74, 6) is 1.05. The molecule has 2 heterocycles. The molecule has 0 saturated carbocycles. The number of aromatic nitrogens is 3. The van der Waals surface area contributed by atoms with Gasteiger partial charge in [0.05, 0.1) is 12.1 Å². The highest BCUT2D eigenvalue weighted by Crippen LogP contribution is 2.32. The summed E-state index contributed by atoms with van der Waals surface area (Å²) in [5.41, 5.74) is 7.81. The third-order valence-corrected chi connectivity index (χ3v) is 5.28. The van der Waals surface area contributed by atoms with E-state index in [0.717, 1.165) is 17.3 Å². The summed E-state index contributed by atoms with van der Waals surface area (Å²) in [4.78, 5) is 17.0. The van der Waals surface area contributed by atoms with Gasteiger partial charge in [-0.2, -0.15) is 28.1 Å². The highest BCUT2D eigenvalue weighted by molar-refractivity contribution is 5.54. The smallest absolute Gasteiger partial charge is 0.369 e. The van der Waals surface area contributed by atoms with E-state index in [-0.39, 0.29) is 5.95 Å². The van der Waals surface area contributed by atoms with Crippen LogP contribution in [0.25, 0.3) is 0 Å². The fraction of sp³-hybridized carbons (Fsp3) is 0.318. The largest absolute Gasteiger partial charge is 0.416 e. The Morgan fingerprint density at radius 1 is 0.969 bits per heavy atom.